The highest BCUT2D eigenvalue weighted by molar-refractivity contribution is 7.02. The van der Waals surface area contributed by atoms with Crippen molar-refractivity contribution in [3.05, 3.63) is 276 Å². The fourth-order valence-electron chi connectivity index (χ4n) is 19.8. The number of hydrogen-bond donors (Lipinski definition) is 3. The van der Waals surface area contributed by atoms with E-state index in [0.29, 0.717) is 111 Å². The van der Waals surface area contributed by atoms with Gasteiger partial charge in [-0.25, -0.2) is 9.37 Å². The molecule has 0 bridgehead atoms. The van der Waals surface area contributed by atoms with Crippen molar-refractivity contribution >= 4 is 134 Å². The monoisotopic (exact) mass is 1850 g/mol. The van der Waals surface area contributed by atoms with E-state index < -0.39 is 50.8 Å². The SMILES string of the molecule is CC1=CC(C)(C)C(C)c2cc3c(cc21)C(c1cc(C(=O)NCCOCCOCCCc2ccc(C)cc2[N+](=O)[O-])ccc1C(=O)[O-])=c1cc2c(cc1[Si]3(C)C)=C(C)C(C)(C)C=C2C.CC1=CC(C)(C)N(C)c2cc3c(cc21)C(c1cc(C(=O)ON2C(=O)CCC2=O)ccc1C(=O)[O-])=c1cc2c(cc1[Si]3(C)C)=[N+](C)C(C)(C)C=C2C.Cc1ccc(NCCOCCOCCN)c([N+](=O)[O-])c1. The number of allylic oxidation sites excluding steroid dienone is 6. The van der Waals surface area contributed by atoms with Gasteiger partial charge >= 0.3 is 5.97 Å². The maximum atomic E-state index is 13.8. The average molecular weight is 1850 g/mol. The van der Waals surface area contributed by atoms with E-state index in [0.717, 1.165) is 87.5 Å². The Morgan fingerprint density at radius 3 is 1.64 bits per heavy atom. The maximum Gasteiger partial charge on any atom is 0.363 e. The largest absolute Gasteiger partial charge is 0.545 e. The number of likely N-dealkylation sites (N-methyl/N-ethyl adjacent to an activating group) is 2. The van der Waals surface area contributed by atoms with Crippen LogP contribution in [0.5, 0.6) is 0 Å². The molecular formula is C107H125N8O17Si2-. The summed E-state index contributed by atoms with van der Waals surface area (Å²) in [6, 6.07) is 37.6. The summed E-state index contributed by atoms with van der Waals surface area (Å²) < 4.78 is 24.2. The first-order chi connectivity index (χ1) is 63.0. The zero-order chi connectivity index (χ0) is 97.7. The topological polar surface area (TPSA) is 341 Å². The number of aromatic carboxylic acids is 2. The first kappa shape index (κ1) is 99.3. The Hall–Kier alpha value is -12.2. The molecule has 8 aromatic carbocycles. The smallest absolute Gasteiger partial charge is 0.363 e. The number of benzene rings is 8. The zero-order valence-corrected chi connectivity index (χ0v) is 83.3. The Morgan fingerprint density at radius 2 is 1.04 bits per heavy atom. The number of fused-ring (bicyclic) bond motifs is 8. The quantitative estimate of drug-likeness (QED) is 0.0102. The number of carboxylic acids is 2. The molecule has 134 heavy (non-hydrogen) atoms. The summed E-state index contributed by atoms with van der Waals surface area (Å²) in [4.78, 5) is 107. The molecular weight excluding hydrogens is 1730 g/mol. The minimum absolute atomic E-state index is 0.00576. The lowest BCUT2D eigenvalue weighted by Gasteiger charge is -2.43. The molecule has 5 aliphatic heterocycles. The molecule has 8 aromatic rings. The Balaban J connectivity index is 0.000000191. The van der Waals surface area contributed by atoms with E-state index in [4.69, 9.17) is 29.5 Å². The minimum atomic E-state index is -2.49. The van der Waals surface area contributed by atoms with Crippen molar-refractivity contribution in [2.45, 2.75) is 180 Å². The number of imide groups is 1. The van der Waals surface area contributed by atoms with Crippen LogP contribution in [0.1, 0.15) is 230 Å². The molecule has 15 rings (SSSR count). The Kier molecular flexibility index (Phi) is 28.9. The average Bonchev–Trinajstić information content (AvgIpc) is 0.725. The van der Waals surface area contributed by atoms with Crippen LogP contribution >= 0.6 is 0 Å². The predicted octanol–water partition coefficient (Wildman–Crippen LogP) is 11.1. The van der Waals surface area contributed by atoms with Crippen LogP contribution < -0.4 is 77.8 Å². The van der Waals surface area contributed by atoms with E-state index in [1.165, 1.54) is 67.7 Å². The van der Waals surface area contributed by atoms with Crippen LogP contribution in [0.3, 0.4) is 0 Å². The fourth-order valence-corrected chi connectivity index (χ4v) is 25.9. The molecule has 5 heterocycles. The van der Waals surface area contributed by atoms with E-state index >= 15 is 0 Å². The number of nitrogens with two attached hydrogens (primary N) is 1. The molecule has 0 saturated carbocycles. The van der Waals surface area contributed by atoms with Crippen LogP contribution in [0.15, 0.2) is 146 Å². The molecule has 3 amide bonds. The van der Waals surface area contributed by atoms with Gasteiger partial charge in [0.25, 0.3) is 29.1 Å². The number of nitrogens with zero attached hydrogens (tertiary/aromatic N) is 5. The Labute approximate surface area is 786 Å². The van der Waals surface area contributed by atoms with Crippen LogP contribution in [0.25, 0.3) is 39.0 Å². The number of hydroxylamine groups is 2. The standard InChI is InChI=1S/C53H62N2O7Si.C41H43N3O6Si.C13H21N3O4/c1-31-14-15-36(46(23-31)55(59)60)13-12-19-61-21-22-62-20-18-54-50(56)37-16-17-38(51(57)58)43(24-37)49-44-25-39-32(2)29-52(6,7)34(4)41(39)27-47(44)63(10,11)48-28-42-35(5)53(8,9)30-33(3)40(42)26-45(48)49;1-22-20-40(3,4)42(7)31-18-33-29(16-26(22)31)37(30-17-27-23(2)21-41(5,6)43(8)32(27)19-34(30)51(33,9)10)28-15-24(11-12-25(28)38(47)48)39(49)50-44-35(45)13-14-36(44)46;1-11-2-3-12(13(10-11)16(17)18)15-5-7-20-9-8-19-6-4-14/h14-17,23-30,34H,12-13,18-22H2,1-11H3,(H,54,56)(H,57,58);11-12,15-21H,13-14H2,1-10H3;2-3,10,15H,4-9,14H2,1H3/p-1. The number of nitrogens with one attached hydrogen (secondary N) is 2. The Bertz CT molecular complexity index is 6610. The second-order valence-corrected chi connectivity index (χ2v) is 48.3. The van der Waals surface area contributed by atoms with E-state index in [1.807, 2.05) is 26.0 Å². The molecule has 0 spiro atoms. The molecule has 7 aliphatic rings. The lowest BCUT2D eigenvalue weighted by atomic mass is 9.68. The molecule has 27 heteroatoms. The van der Waals surface area contributed by atoms with Gasteiger partial charge < -0.3 is 64.9 Å². The summed E-state index contributed by atoms with van der Waals surface area (Å²) in [5.74, 6) is -4.89. The molecule has 4 N–H and O–H groups in total. The van der Waals surface area contributed by atoms with Crippen LogP contribution in [0.2, 0.25) is 26.2 Å². The second-order valence-electron chi connectivity index (χ2n) is 39.6. The third kappa shape index (κ3) is 19.9. The number of aryl methyl sites for hydroxylation is 3. The summed E-state index contributed by atoms with van der Waals surface area (Å²) in [6.45, 7) is 48.6. The second kappa shape index (κ2) is 39.0. The molecule has 25 nitrogen and oxygen atoms in total. The van der Waals surface area contributed by atoms with Crippen LogP contribution in [-0.2, 0) is 39.8 Å². The highest BCUT2D eigenvalue weighted by Crippen LogP contribution is 2.48. The van der Waals surface area contributed by atoms with E-state index in [2.05, 4.69) is 230 Å². The van der Waals surface area contributed by atoms with Gasteiger partial charge in [-0.05, 0) is 273 Å². The molecule has 0 aromatic heterocycles. The van der Waals surface area contributed by atoms with Crippen molar-refractivity contribution in [3.63, 3.8) is 0 Å². The van der Waals surface area contributed by atoms with Gasteiger partial charge in [-0.1, -0.05) is 127 Å². The summed E-state index contributed by atoms with van der Waals surface area (Å²) >= 11 is 0. The molecule has 2 aliphatic carbocycles. The van der Waals surface area contributed by atoms with Crippen molar-refractivity contribution in [1.82, 2.24) is 15.0 Å². The molecule has 1 atom stereocenters. The molecule has 1 saturated heterocycles. The first-order valence-corrected chi connectivity index (χ1v) is 52.0. The van der Waals surface area contributed by atoms with Gasteiger partial charge in [0.1, 0.15) is 28.9 Å². The number of nitro groups is 2. The third-order valence-corrected chi connectivity index (χ3v) is 35.2. The Morgan fingerprint density at radius 1 is 0.530 bits per heavy atom. The van der Waals surface area contributed by atoms with E-state index in [1.54, 1.807) is 36.4 Å². The predicted molar refractivity (Wildman–Crippen MR) is 530 cm³/mol. The van der Waals surface area contributed by atoms with Crippen molar-refractivity contribution in [3.8, 4) is 0 Å². The van der Waals surface area contributed by atoms with Gasteiger partial charge in [-0.15, -0.1) is 5.06 Å². The zero-order valence-electron chi connectivity index (χ0n) is 81.3. The molecule has 0 radical (unpaired) electrons. The van der Waals surface area contributed by atoms with Gasteiger partial charge in [0.05, 0.1) is 79.1 Å². The van der Waals surface area contributed by atoms with Gasteiger partial charge in [-0.3, -0.25) is 34.6 Å². The molecule has 704 valence electrons. The maximum absolute atomic E-state index is 13.8. The summed E-state index contributed by atoms with van der Waals surface area (Å²) in [5.41, 5.74) is 25.0. The normalized spacial score (nSPS) is 17.3. The minimum Gasteiger partial charge on any atom is -0.545 e. The van der Waals surface area contributed by atoms with E-state index in [9.17, 15) is 59.2 Å². The number of rotatable bonds is 28. The van der Waals surface area contributed by atoms with Crippen LogP contribution in [-0.4, -0.2) is 164 Å². The number of ether oxygens (including phenoxy) is 4. The van der Waals surface area contributed by atoms with Crippen LogP contribution in [0, 0.1) is 44.9 Å². The van der Waals surface area contributed by atoms with Crippen molar-refractivity contribution in [2.24, 2.45) is 16.6 Å². The lowest BCUT2D eigenvalue weighted by molar-refractivity contribution is -0.385. The summed E-state index contributed by atoms with van der Waals surface area (Å²) in [5, 5.41) is 63.8. The number of carboxylic acid groups (broad SMARTS) is 2. The van der Waals surface area contributed by atoms with Crippen molar-refractivity contribution in [2.75, 3.05) is 96.8 Å². The summed E-state index contributed by atoms with van der Waals surface area (Å²) in [7, 11) is -0.706. The number of amides is 3. The van der Waals surface area contributed by atoms with Gasteiger partial charge in [-0.2, -0.15) is 0 Å². The number of carbonyl (C=O) groups is 6. The van der Waals surface area contributed by atoms with Gasteiger partial charge in [0, 0.05) is 123 Å². The van der Waals surface area contributed by atoms with Crippen molar-refractivity contribution in [1.29, 1.82) is 0 Å². The van der Waals surface area contributed by atoms with Gasteiger partial charge in [0.2, 0.25) is 5.36 Å². The highest BCUT2D eigenvalue weighted by Gasteiger charge is 2.45. The summed E-state index contributed by atoms with van der Waals surface area (Å²) in [6.07, 6.45) is 10.3. The molecule has 1 fully saturated rings. The van der Waals surface area contributed by atoms with E-state index in [-0.39, 0.29) is 92.7 Å². The van der Waals surface area contributed by atoms with Crippen LogP contribution in [0.4, 0.5) is 22.7 Å². The third-order valence-electron chi connectivity index (χ3n) is 28.1. The highest BCUT2D eigenvalue weighted by atomic mass is 28.3. The molecule has 1 unspecified atom stereocenters. The number of anilines is 2. The number of nitro benzene ring substituents is 2. The van der Waals surface area contributed by atoms with Crippen molar-refractivity contribution < 1.29 is 72.6 Å². The lowest BCUT2D eigenvalue weighted by Crippen LogP contribution is -2.64. The fraction of sp³-hybridized carbons (Fsp3) is 0.393. The first-order valence-electron chi connectivity index (χ1n) is 46.0. The number of hydrogen-bond acceptors (Lipinski definition) is 20. The number of carbonyl (C=O) groups excluding carboxylic acids is 6. The van der Waals surface area contributed by atoms with Gasteiger partial charge in [0.15, 0.2) is 5.54 Å².